The molecule has 0 aromatic rings. The molecule has 0 radical (unpaired) electrons. The van der Waals surface area contributed by atoms with Crippen molar-refractivity contribution in [1.29, 1.82) is 0 Å². The van der Waals surface area contributed by atoms with E-state index in [4.69, 9.17) is 0 Å². The van der Waals surface area contributed by atoms with Crippen molar-refractivity contribution in [2.45, 2.75) is 404 Å². The summed E-state index contributed by atoms with van der Waals surface area (Å²) in [5.74, 6) is -0.594. The van der Waals surface area contributed by atoms with E-state index in [2.05, 4.69) is 67.8 Å². The fourth-order valence-corrected chi connectivity index (χ4v) is 11.2. The van der Waals surface area contributed by atoms with Gasteiger partial charge in [0.2, 0.25) is 5.91 Å². The van der Waals surface area contributed by atoms with Crippen LogP contribution in [0.25, 0.3) is 0 Å². The van der Waals surface area contributed by atoms with Gasteiger partial charge in [-0.25, -0.2) is 0 Å². The molecule has 0 rings (SSSR count). The zero-order valence-corrected chi connectivity index (χ0v) is 53.1. The molecule has 6 nitrogen and oxygen atoms in total. The van der Waals surface area contributed by atoms with Crippen LogP contribution in [0.4, 0.5) is 0 Å². The van der Waals surface area contributed by atoms with Crippen molar-refractivity contribution in [2.24, 2.45) is 0 Å². The second kappa shape index (κ2) is 67.1. The Morgan fingerprint density at radius 2 is 0.532 bits per heavy atom. The Hall–Kier alpha value is -1.73. The van der Waals surface area contributed by atoms with Gasteiger partial charge in [0.25, 0.3) is 0 Å². The first-order valence-electron chi connectivity index (χ1n) is 35.5. The van der Waals surface area contributed by atoms with Crippen LogP contribution >= 0.6 is 0 Å². The number of carbonyl (C=O) groups is 1. The first kappa shape index (κ1) is 77.3. The van der Waals surface area contributed by atoms with Gasteiger partial charge in [0.1, 0.15) is 12.2 Å². The summed E-state index contributed by atoms with van der Waals surface area (Å²) in [5, 5.41) is 44.2. The number of aliphatic hydroxyl groups is 4. The average Bonchev–Trinajstić information content (AvgIpc) is 3.45. The molecule has 1 amide bonds. The van der Waals surface area contributed by atoms with Crippen LogP contribution in [0.2, 0.25) is 0 Å². The topological polar surface area (TPSA) is 110 Å². The smallest absolute Gasteiger partial charge is 0.249 e. The number of rotatable bonds is 66. The highest BCUT2D eigenvalue weighted by Gasteiger charge is 2.28. The number of aliphatic hydroxyl groups excluding tert-OH is 4. The van der Waals surface area contributed by atoms with E-state index in [1.54, 1.807) is 0 Å². The Kier molecular flexibility index (Phi) is 65.6. The fourth-order valence-electron chi connectivity index (χ4n) is 11.2. The third-order valence-corrected chi connectivity index (χ3v) is 16.7. The van der Waals surface area contributed by atoms with E-state index in [1.807, 2.05) is 0 Å². The van der Waals surface area contributed by atoms with Crippen molar-refractivity contribution >= 4 is 5.91 Å². The molecule has 0 bridgehead atoms. The number of carbonyl (C=O) groups excluding carboxylic acids is 1. The lowest BCUT2D eigenvalue weighted by Crippen LogP contribution is -2.53. The van der Waals surface area contributed by atoms with Crippen LogP contribution < -0.4 is 5.32 Å². The highest BCUT2D eigenvalue weighted by molar-refractivity contribution is 5.80. The largest absolute Gasteiger partial charge is 0.394 e. The molecule has 0 aromatic carbocycles. The Balaban J connectivity index is 3.60. The maximum atomic E-state index is 12.7. The SMILES string of the molecule is CCCCCCCCCCCCCCCC/C=C\CCCCCCCCCCCCCCCCCCC(O)C(=O)NC(CO)C(O)C(O)CCC/C=C/CC/C=C/CC/C=C/CCCCCCCCCCCCCCCCCC. The van der Waals surface area contributed by atoms with Crippen LogP contribution in [0.15, 0.2) is 48.6 Å². The van der Waals surface area contributed by atoms with Gasteiger partial charge in [0.05, 0.1) is 18.8 Å². The molecule has 0 spiro atoms. The lowest BCUT2D eigenvalue weighted by Gasteiger charge is -2.27. The molecule has 0 aliphatic heterocycles. The molecule has 6 heteroatoms. The van der Waals surface area contributed by atoms with Crippen LogP contribution in [0.1, 0.15) is 380 Å². The van der Waals surface area contributed by atoms with Gasteiger partial charge in [-0.1, -0.05) is 339 Å². The molecule has 0 aromatic heterocycles. The molecule has 79 heavy (non-hydrogen) atoms. The Morgan fingerprint density at radius 3 is 0.797 bits per heavy atom. The van der Waals surface area contributed by atoms with Crippen LogP contribution in [0.3, 0.4) is 0 Å². The number of nitrogens with one attached hydrogen (secondary N) is 1. The number of unbranched alkanes of at least 4 members (excludes halogenated alkanes) is 49. The summed E-state index contributed by atoms with van der Waals surface area (Å²) in [6.07, 6.45) is 88.2. The van der Waals surface area contributed by atoms with Gasteiger partial charge in [0.15, 0.2) is 0 Å². The first-order chi connectivity index (χ1) is 39.0. The zero-order chi connectivity index (χ0) is 57.3. The zero-order valence-electron chi connectivity index (χ0n) is 53.1. The van der Waals surface area contributed by atoms with Gasteiger partial charge in [-0.2, -0.15) is 0 Å². The average molecular weight is 1110 g/mol. The highest BCUT2D eigenvalue weighted by atomic mass is 16.3. The second-order valence-electron chi connectivity index (χ2n) is 24.6. The van der Waals surface area contributed by atoms with Crippen LogP contribution in [0, 0.1) is 0 Å². The van der Waals surface area contributed by atoms with Gasteiger partial charge in [-0.3, -0.25) is 4.79 Å². The van der Waals surface area contributed by atoms with E-state index in [0.717, 1.165) is 51.4 Å². The van der Waals surface area contributed by atoms with E-state index in [1.165, 1.54) is 295 Å². The van der Waals surface area contributed by atoms with E-state index < -0.39 is 36.9 Å². The number of amides is 1. The van der Waals surface area contributed by atoms with Crippen LogP contribution in [-0.4, -0.2) is 57.3 Å². The Labute approximate surface area is 493 Å². The second-order valence-corrected chi connectivity index (χ2v) is 24.6. The lowest BCUT2D eigenvalue weighted by atomic mass is 10.00. The van der Waals surface area contributed by atoms with Crippen molar-refractivity contribution in [3.63, 3.8) is 0 Å². The third-order valence-electron chi connectivity index (χ3n) is 16.7. The fraction of sp³-hybridized carbons (Fsp3) is 0.877. The standard InChI is InChI=1S/C73H139NO5/c1-3-5-7-9-11-13-15-17-19-21-23-25-27-29-31-33-34-35-36-37-39-41-43-45-47-49-51-53-55-57-59-61-63-65-67-71(77)73(79)74-69(68-75)72(78)70(76)66-64-62-60-58-56-54-52-50-48-46-44-42-40-38-32-30-28-26-24-22-20-18-16-14-12-10-8-6-4-2/h33-34,42,44,50,52,58,60,69-72,75-78H,3-32,35-41,43,45-49,51,53-57,59,61-68H2,1-2H3,(H,74,79)/b34-33-,44-42+,52-50+,60-58+. The number of hydrogen-bond acceptors (Lipinski definition) is 5. The molecule has 5 N–H and O–H groups in total. The molecular formula is C73H139NO5. The molecule has 4 unspecified atom stereocenters. The van der Waals surface area contributed by atoms with Crippen molar-refractivity contribution in [1.82, 2.24) is 5.32 Å². The Morgan fingerprint density at radius 1 is 0.304 bits per heavy atom. The predicted molar refractivity (Wildman–Crippen MR) is 348 cm³/mol. The molecule has 0 heterocycles. The number of allylic oxidation sites excluding steroid dienone is 8. The molecule has 0 saturated heterocycles. The summed E-state index contributed by atoms with van der Waals surface area (Å²) in [4.78, 5) is 12.7. The van der Waals surface area contributed by atoms with E-state index in [0.29, 0.717) is 19.3 Å². The van der Waals surface area contributed by atoms with Crippen molar-refractivity contribution < 1.29 is 25.2 Å². The van der Waals surface area contributed by atoms with E-state index in [9.17, 15) is 25.2 Å². The van der Waals surface area contributed by atoms with Crippen molar-refractivity contribution in [2.75, 3.05) is 6.61 Å². The number of hydrogen-bond donors (Lipinski definition) is 5. The molecule has 466 valence electrons. The quantitative estimate of drug-likeness (QED) is 0.0308. The minimum atomic E-state index is -1.30. The van der Waals surface area contributed by atoms with Gasteiger partial charge >= 0.3 is 0 Å². The van der Waals surface area contributed by atoms with Gasteiger partial charge in [0, 0.05) is 0 Å². The van der Waals surface area contributed by atoms with E-state index in [-0.39, 0.29) is 0 Å². The molecule has 0 aliphatic carbocycles. The molecule has 0 fully saturated rings. The molecule has 0 saturated carbocycles. The first-order valence-corrected chi connectivity index (χ1v) is 35.5. The summed E-state index contributed by atoms with van der Waals surface area (Å²) in [5.41, 5.74) is 0. The maximum absolute atomic E-state index is 12.7. The normalized spacial score (nSPS) is 13.7. The minimum absolute atomic E-state index is 0.360. The van der Waals surface area contributed by atoms with Gasteiger partial charge in [-0.05, 0) is 89.9 Å². The maximum Gasteiger partial charge on any atom is 0.249 e. The van der Waals surface area contributed by atoms with Crippen molar-refractivity contribution in [3.05, 3.63) is 48.6 Å². The van der Waals surface area contributed by atoms with Crippen molar-refractivity contribution in [3.8, 4) is 0 Å². The van der Waals surface area contributed by atoms with Crippen LogP contribution in [-0.2, 0) is 4.79 Å². The summed E-state index contributed by atoms with van der Waals surface area (Å²) in [6, 6.07) is -1.01. The lowest BCUT2D eigenvalue weighted by molar-refractivity contribution is -0.132. The Bertz CT molecular complexity index is 1290. The van der Waals surface area contributed by atoms with E-state index >= 15 is 0 Å². The van der Waals surface area contributed by atoms with Gasteiger partial charge < -0.3 is 25.7 Å². The highest BCUT2D eigenvalue weighted by Crippen LogP contribution is 2.19. The summed E-state index contributed by atoms with van der Waals surface area (Å²) >= 11 is 0. The van der Waals surface area contributed by atoms with Gasteiger partial charge in [-0.15, -0.1) is 0 Å². The molecule has 4 atom stereocenters. The minimum Gasteiger partial charge on any atom is -0.394 e. The predicted octanol–water partition coefficient (Wildman–Crippen LogP) is 22.0. The summed E-state index contributed by atoms with van der Waals surface area (Å²) < 4.78 is 0. The monoisotopic (exact) mass is 1110 g/mol. The van der Waals surface area contributed by atoms with Crippen LogP contribution in [0.5, 0.6) is 0 Å². The summed E-state index contributed by atoms with van der Waals surface area (Å²) in [7, 11) is 0. The third kappa shape index (κ3) is 60.7. The molecular weight excluding hydrogens is 971 g/mol. The summed E-state index contributed by atoms with van der Waals surface area (Å²) in [6.45, 7) is 4.09. The molecule has 0 aliphatic rings.